The highest BCUT2D eigenvalue weighted by molar-refractivity contribution is 5.82. The van der Waals surface area contributed by atoms with Crippen molar-refractivity contribution in [2.24, 2.45) is 5.73 Å². The van der Waals surface area contributed by atoms with Crippen molar-refractivity contribution < 1.29 is 24.2 Å². The number of urea groups is 1. The maximum absolute atomic E-state index is 11.8. The molecule has 0 aromatic carbocycles. The highest BCUT2D eigenvalue weighted by Gasteiger charge is 2.35. The van der Waals surface area contributed by atoms with E-state index in [4.69, 9.17) is 10.5 Å². The summed E-state index contributed by atoms with van der Waals surface area (Å²) in [6, 6.07) is -0.256. The molecule has 5 N–H and O–H groups in total. The average Bonchev–Trinajstić information content (AvgIpc) is 3.23. The normalized spacial score (nSPS) is 21.2. The van der Waals surface area contributed by atoms with Gasteiger partial charge in [-0.15, -0.1) is 0 Å². The van der Waals surface area contributed by atoms with E-state index in [0.29, 0.717) is 13.1 Å². The number of nitrogens with two attached hydrogens (primary N) is 1. The van der Waals surface area contributed by atoms with Crippen LogP contribution in [0.15, 0.2) is 0 Å². The van der Waals surface area contributed by atoms with Gasteiger partial charge in [0.25, 0.3) is 5.91 Å². The van der Waals surface area contributed by atoms with Crippen molar-refractivity contribution in [2.45, 2.75) is 37.5 Å². The maximum Gasteiger partial charge on any atom is 0.404 e. The summed E-state index contributed by atoms with van der Waals surface area (Å²) >= 11 is 0. The number of nitrogens with one attached hydrogen (secondary N) is 2. The van der Waals surface area contributed by atoms with Crippen LogP contribution < -0.4 is 16.4 Å². The molecule has 1 aliphatic carbocycles. The molecule has 1 aliphatic heterocycles. The second kappa shape index (κ2) is 6.61. The summed E-state index contributed by atoms with van der Waals surface area (Å²) in [6.07, 6.45) is -1.38. The highest BCUT2D eigenvalue weighted by atomic mass is 16.6. The first-order chi connectivity index (χ1) is 9.97. The number of amides is 4. The van der Waals surface area contributed by atoms with E-state index in [1.807, 2.05) is 0 Å². The van der Waals surface area contributed by atoms with E-state index in [0.717, 1.165) is 19.3 Å². The number of rotatable bonds is 6. The van der Waals surface area contributed by atoms with Gasteiger partial charge in [0.05, 0.1) is 6.54 Å². The lowest BCUT2D eigenvalue weighted by molar-refractivity contribution is -0.135. The van der Waals surface area contributed by atoms with Gasteiger partial charge in [-0.05, 0) is 19.3 Å². The monoisotopic (exact) mass is 300 g/mol. The van der Waals surface area contributed by atoms with Crippen LogP contribution in [0, 0.1) is 0 Å². The van der Waals surface area contributed by atoms with Crippen molar-refractivity contribution in [1.29, 1.82) is 0 Å². The fraction of sp³-hybridized carbons (Fsp3) is 0.750. The van der Waals surface area contributed by atoms with Gasteiger partial charge in [-0.3, -0.25) is 4.79 Å². The van der Waals surface area contributed by atoms with E-state index in [-0.39, 0.29) is 18.6 Å². The van der Waals surface area contributed by atoms with Crippen molar-refractivity contribution in [3.63, 3.8) is 0 Å². The maximum atomic E-state index is 11.8. The zero-order valence-electron chi connectivity index (χ0n) is 11.6. The third-order valence-electron chi connectivity index (χ3n) is 3.38. The summed E-state index contributed by atoms with van der Waals surface area (Å²) in [4.78, 5) is 35.8. The first-order valence-corrected chi connectivity index (χ1v) is 6.94. The van der Waals surface area contributed by atoms with Crippen LogP contribution in [-0.2, 0) is 9.53 Å². The number of primary amides is 1. The Morgan fingerprint density at radius 3 is 2.81 bits per heavy atom. The van der Waals surface area contributed by atoms with Crippen LogP contribution in [0.2, 0.25) is 0 Å². The first kappa shape index (κ1) is 15.4. The number of ether oxygens (including phenoxy) is 1. The summed E-state index contributed by atoms with van der Waals surface area (Å²) in [5.74, 6) is -0.624. The summed E-state index contributed by atoms with van der Waals surface area (Å²) in [5.41, 5.74) is 4.96. The van der Waals surface area contributed by atoms with Crippen LogP contribution in [0.5, 0.6) is 0 Å². The Kier molecular flexibility index (Phi) is 4.84. The van der Waals surface area contributed by atoms with Gasteiger partial charge >= 0.3 is 12.1 Å². The Labute approximate surface area is 121 Å². The fourth-order valence-corrected chi connectivity index (χ4v) is 2.10. The van der Waals surface area contributed by atoms with Crippen LogP contribution >= 0.6 is 0 Å². The van der Waals surface area contributed by atoms with Crippen LogP contribution in [0.3, 0.4) is 0 Å². The molecule has 4 amide bonds. The lowest BCUT2D eigenvalue weighted by Gasteiger charge is -2.31. The Bertz CT molecular complexity index is 426. The molecule has 118 valence electrons. The zero-order chi connectivity index (χ0) is 15.4. The average molecular weight is 300 g/mol. The number of carbonyl (C=O) groups is 3. The quantitative estimate of drug-likeness (QED) is 0.474. The second-order valence-corrected chi connectivity index (χ2v) is 5.23. The van der Waals surface area contributed by atoms with Gasteiger partial charge in [-0.2, -0.15) is 0 Å². The molecule has 2 aliphatic rings. The van der Waals surface area contributed by atoms with E-state index in [1.165, 1.54) is 4.90 Å². The van der Waals surface area contributed by atoms with E-state index < -0.39 is 24.2 Å². The molecule has 0 spiro atoms. The van der Waals surface area contributed by atoms with Crippen LogP contribution in [0.25, 0.3) is 0 Å². The predicted molar refractivity (Wildman–Crippen MR) is 71.2 cm³/mol. The molecule has 21 heavy (non-hydrogen) atoms. The number of carbonyl (C=O) groups excluding carboxylic acids is 3. The molecule has 0 aromatic heterocycles. The van der Waals surface area contributed by atoms with Crippen LogP contribution in [0.1, 0.15) is 19.3 Å². The van der Waals surface area contributed by atoms with Crippen LogP contribution in [0.4, 0.5) is 9.59 Å². The number of aliphatic hydroxyl groups is 1. The molecular formula is C12H20N4O5. The van der Waals surface area contributed by atoms with Crippen molar-refractivity contribution in [3.8, 4) is 0 Å². The third kappa shape index (κ3) is 4.48. The minimum atomic E-state index is -1.56. The molecule has 0 bridgehead atoms. The SMILES string of the molecule is NC(=O)OC(CN1CCCNC1=O)C(O)C(=O)NC1CC1. The lowest BCUT2D eigenvalue weighted by Crippen LogP contribution is -2.54. The van der Waals surface area contributed by atoms with Gasteiger partial charge in [0.1, 0.15) is 0 Å². The molecule has 0 radical (unpaired) electrons. The summed E-state index contributed by atoms with van der Waals surface area (Å²) in [7, 11) is 0. The largest absolute Gasteiger partial charge is 0.441 e. The zero-order valence-corrected chi connectivity index (χ0v) is 11.6. The molecule has 2 rings (SSSR count). The number of hydrogen-bond acceptors (Lipinski definition) is 5. The van der Waals surface area contributed by atoms with Crippen molar-refractivity contribution in [3.05, 3.63) is 0 Å². The predicted octanol–water partition coefficient (Wildman–Crippen LogP) is -1.49. The minimum Gasteiger partial charge on any atom is -0.441 e. The van der Waals surface area contributed by atoms with Gasteiger partial charge in [0.2, 0.25) is 0 Å². The molecular weight excluding hydrogens is 280 g/mol. The fourth-order valence-electron chi connectivity index (χ4n) is 2.10. The molecule has 2 atom stereocenters. The third-order valence-corrected chi connectivity index (χ3v) is 3.38. The van der Waals surface area contributed by atoms with Crippen LogP contribution in [-0.4, -0.2) is 65.9 Å². The molecule has 2 unspecified atom stereocenters. The molecule has 1 saturated heterocycles. The highest BCUT2D eigenvalue weighted by Crippen LogP contribution is 2.19. The molecule has 9 nitrogen and oxygen atoms in total. The van der Waals surface area contributed by atoms with E-state index in [2.05, 4.69) is 10.6 Å². The van der Waals surface area contributed by atoms with E-state index in [1.54, 1.807) is 0 Å². The standard InChI is InChI=1S/C12H20N4O5/c13-11(19)21-8(6-16-5-1-4-14-12(16)20)9(17)10(18)15-7-2-3-7/h7-9,17H,1-6H2,(H2,13,19)(H,14,20)(H,15,18). The van der Waals surface area contributed by atoms with Gasteiger partial charge in [0.15, 0.2) is 12.2 Å². The Morgan fingerprint density at radius 1 is 1.52 bits per heavy atom. The summed E-state index contributed by atoms with van der Waals surface area (Å²) in [5, 5.41) is 15.3. The Morgan fingerprint density at radius 2 is 2.24 bits per heavy atom. The molecule has 1 saturated carbocycles. The molecule has 1 heterocycles. The van der Waals surface area contributed by atoms with Gasteiger partial charge in [-0.1, -0.05) is 0 Å². The second-order valence-electron chi connectivity index (χ2n) is 5.23. The number of nitrogens with zero attached hydrogens (tertiary/aromatic N) is 1. The topological polar surface area (TPSA) is 134 Å². The Hall–Kier alpha value is -2.03. The summed E-state index contributed by atoms with van der Waals surface area (Å²) in [6.45, 7) is 0.941. The number of aliphatic hydroxyl groups excluding tert-OH is 1. The lowest BCUT2D eigenvalue weighted by atomic mass is 10.1. The van der Waals surface area contributed by atoms with E-state index >= 15 is 0 Å². The Balaban J connectivity index is 1.96. The first-order valence-electron chi connectivity index (χ1n) is 6.94. The molecule has 9 heteroatoms. The number of hydrogen-bond donors (Lipinski definition) is 4. The van der Waals surface area contributed by atoms with Gasteiger partial charge < -0.3 is 31.1 Å². The van der Waals surface area contributed by atoms with Gasteiger partial charge in [-0.25, -0.2) is 9.59 Å². The van der Waals surface area contributed by atoms with Crippen molar-refractivity contribution in [1.82, 2.24) is 15.5 Å². The van der Waals surface area contributed by atoms with Crippen molar-refractivity contribution in [2.75, 3.05) is 19.6 Å². The van der Waals surface area contributed by atoms with Crippen molar-refractivity contribution >= 4 is 18.0 Å². The van der Waals surface area contributed by atoms with Gasteiger partial charge in [0, 0.05) is 19.1 Å². The minimum absolute atomic E-state index is 0.0691. The molecule has 2 fully saturated rings. The van der Waals surface area contributed by atoms with E-state index in [9.17, 15) is 19.5 Å². The summed E-state index contributed by atoms with van der Waals surface area (Å²) < 4.78 is 4.79. The smallest absolute Gasteiger partial charge is 0.404 e. The molecule has 0 aromatic rings.